The van der Waals surface area contributed by atoms with Crippen LogP contribution in [0, 0.1) is 6.92 Å². The molecule has 1 aliphatic rings. The summed E-state index contributed by atoms with van der Waals surface area (Å²) in [7, 11) is 0. The normalized spacial score (nSPS) is 22.5. The zero-order valence-corrected chi connectivity index (χ0v) is 14.9. The van der Waals surface area contributed by atoms with Gasteiger partial charge in [-0.05, 0) is 18.1 Å². The molecule has 1 aromatic carbocycles. The minimum absolute atomic E-state index is 0.0420. The van der Waals surface area contributed by atoms with Gasteiger partial charge in [-0.3, -0.25) is 14.3 Å². The molecule has 0 saturated carbocycles. The van der Waals surface area contributed by atoms with E-state index in [1.165, 1.54) is 0 Å². The van der Waals surface area contributed by atoms with Crippen LogP contribution in [0.3, 0.4) is 0 Å². The molecule has 0 amide bonds. The lowest BCUT2D eigenvalue weighted by Crippen LogP contribution is -2.36. The van der Waals surface area contributed by atoms with E-state index in [9.17, 15) is 27.9 Å². The number of alkyl halides is 3. The third kappa shape index (κ3) is 4.18. The van der Waals surface area contributed by atoms with Crippen molar-refractivity contribution in [2.24, 2.45) is 0 Å². The van der Waals surface area contributed by atoms with Gasteiger partial charge >= 0.3 is 11.9 Å². The van der Waals surface area contributed by atoms with Gasteiger partial charge in [0.1, 0.15) is 17.9 Å². The summed E-state index contributed by atoms with van der Waals surface area (Å²) in [6.07, 6.45) is -7.00. The molecular weight excluding hydrogens is 381 g/mol. The SMILES string of the molecule is Cc1ccccc1COC1CC(n2cc(C(F)(F)F)c(=O)[nH]c2=O)OC1CO. The fourth-order valence-corrected chi connectivity index (χ4v) is 3.08. The number of nitrogens with one attached hydrogen (secondary N) is 1. The largest absolute Gasteiger partial charge is 0.423 e. The lowest BCUT2D eigenvalue weighted by Gasteiger charge is -2.17. The van der Waals surface area contributed by atoms with Crippen LogP contribution in [-0.2, 0) is 22.3 Å². The Morgan fingerprint density at radius 3 is 2.68 bits per heavy atom. The molecule has 0 aliphatic carbocycles. The quantitative estimate of drug-likeness (QED) is 0.797. The second-order valence-corrected chi connectivity index (χ2v) is 6.53. The van der Waals surface area contributed by atoms with E-state index in [-0.39, 0.29) is 13.0 Å². The van der Waals surface area contributed by atoms with Crippen molar-refractivity contribution in [2.45, 2.75) is 44.6 Å². The lowest BCUT2D eigenvalue weighted by molar-refractivity contribution is -0.139. The number of aliphatic hydroxyl groups excluding tert-OH is 1. The molecule has 28 heavy (non-hydrogen) atoms. The second kappa shape index (κ2) is 7.90. The summed E-state index contributed by atoms with van der Waals surface area (Å²) in [5.74, 6) is 0. The van der Waals surface area contributed by atoms with E-state index in [0.29, 0.717) is 10.8 Å². The summed E-state index contributed by atoms with van der Waals surface area (Å²) in [5.41, 5.74) is -2.12. The zero-order chi connectivity index (χ0) is 20.5. The Hall–Kier alpha value is -2.43. The number of rotatable bonds is 5. The van der Waals surface area contributed by atoms with Crippen LogP contribution in [0.1, 0.15) is 29.3 Å². The van der Waals surface area contributed by atoms with Crippen molar-refractivity contribution in [2.75, 3.05) is 6.61 Å². The zero-order valence-electron chi connectivity index (χ0n) is 14.9. The van der Waals surface area contributed by atoms with Gasteiger partial charge in [0.2, 0.25) is 0 Å². The smallest absolute Gasteiger partial charge is 0.394 e. The third-order valence-corrected chi connectivity index (χ3v) is 4.66. The van der Waals surface area contributed by atoms with Gasteiger partial charge in [0.15, 0.2) is 0 Å². The molecule has 2 heterocycles. The van der Waals surface area contributed by atoms with Crippen molar-refractivity contribution in [3.63, 3.8) is 0 Å². The van der Waals surface area contributed by atoms with Crippen molar-refractivity contribution >= 4 is 0 Å². The fourth-order valence-electron chi connectivity index (χ4n) is 3.08. The molecule has 0 bridgehead atoms. The van der Waals surface area contributed by atoms with E-state index in [0.717, 1.165) is 11.1 Å². The van der Waals surface area contributed by atoms with Crippen LogP contribution in [0.4, 0.5) is 13.2 Å². The predicted molar refractivity (Wildman–Crippen MR) is 91.7 cm³/mol. The number of aromatic nitrogens is 2. The molecule has 2 aromatic rings. The molecular formula is C18H19F3N2O5. The number of halogens is 3. The van der Waals surface area contributed by atoms with Gasteiger partial charge in [-0.2, -0.15) is 13.2 Å². The summed E-state index contributed by atoms with van der Waals surface area (Å²) in [6, 6.07) is 7.51. The molecule has 7 nitrogen and oxygen atoms in total. The maximum Gasteiger partial charge on any atom is 0.423 e. The summed E-state index contributed by atoms with van der Waals surface area (Å²) < 4.78 is 50.9. The fraction of sp³-hybridized carbons (Fsp3) is 0.444. The first-order valence-electron chi connectivity index (χ1n) is 8.55. The Balaban J connectivity index is 1.81. The van der Waals surface area contributed by atoms with Crippen LogP contribution in [0.25, 0.3) is 0 Å². The minimum atomic E-state index is -4.92. The standard InChI is InChI=1S/C18H19F3N2O5/c1-10-4-2-3-5-11(10)9-27-13-6-15(28-14(13)8-24)23-7-12(18(19,20)21)16(25)22-17(23)26/h2-5,7,13-15,24H,6,8-9H2,1H3,(H,22,25,26). The Kier molecular flexibility index (Phi) is 5.73. The summed E-state index contributed by atoms with van der Waals surface area (Å²) in [5, 5.41) is 9.52. The van der Waals surface area contributed by atoms with Crippen LogP contribution in [0.15, 0.2) is 40.1 Å². The Morgan fingerprint density at radius 2 is 2.04 bits per heavy atom. The van der Waals surface area contributed by atoms with Gasteiger partial charge in [-0.25, -0.2) is 4.79 Å². The molecule has 152 valence electrons. The van der Waals surface area contributed by atoms with E-state index in [1.54, 1.807) is 4.98 Å². The molecule has 0 spiro atoms. The van der Waals surface area contributed by atoms with Gasteiger partial charge in [-0.1, -0.05) is 24.3 Å². The number of ether oxygens (including phenoxy) is 2. The highest BCUT2D eigenvalue weighted by Gasteiger charge is 2.40. The molecule has 1 fully saturated rings. The number of aliphatic hydroxyl groups is 1. The molecule has 3 atom stereocenters. The van der Waals surface area contributed by atoms with Crippen LogP contribution >= 0.6 is 0 Å². The maximum atomic E-state index is 13.0. The average Bonchev–Trinajstić information content (AvgIpc) is 3.03. The first-order valence-corrected chi connectivity index (χ1v) is 8.55. The molecule has 3 rings (SSSR count). The Bertz CT molecular complexity index is 953. The van der Waals surface area contributed by atoms with Crippen LogP contribution in [0.5, 0.6) is 0 Å². The Labute approximate surface area is 157 Å². The molecule has 1 saturated heterocycles. The van der Waals surface area contributed by atoms with Crippen molar-refractivity contribution in [1.29, 1.82) is 0 Å². The van der Waals surface area contributed by atoms with E-state index in [4.69, 9.17) is 9.47 Å². The van der Waals surface area contributed by atoms with Gasteiger partial charge in [-0.15, -0.1) is 0 Å². The molecule has 1 aliphatic heterocycles. The van der Waals surface area contributed by atoms with Crippen molar-refractivity contribution in [3.05, 3.63) is 68.0 Å². The van der Waals surface area contributed by atoms with Gasteiger partial charge in [0, 0.05) is 12.6 Å². The molecule has 2 N–H and O–H groups in total. The van der Waals surface area contributed by atoms with Gasteiger partial charge in [0.25, 0.3) is 5.56 Å². The second-order valence-electron chi connectivity index (χ2n) is 6.53. The van der Waals surface area contributed by atoms with Crippen LogP contribution < -0.4 is 11.2 Å². The topological polar surface area (TPSA) is 93.6 Å². The van der Waals surface area contributed by atoms with E-state index >= 15 is 0 Å². The highest BCUT2D eigenvalue weighted by molar-refractivity contribution is 5.24. The molecule has 3 unspecified atom stereocenters. The third-order valence-electron chi connectivity index (χ3n) is 4.66. The van der Waals surface area contributed by atoms with Crippen molar-refractivity contribution < 1.29 is 27.8 Å². The van der Waals surface area contributed by atoms with E-state index in [2.05, 4.69) is 0 Å². The van der Waals surface area contributed by atoms with Gasteiger partial charge < -0.3 is 14.6 Å². The van der Waals surface area contributed by atoms with Crippen LogP contribution in [0.2, 0.25) is 0 Å². The Morgan fingerprint density at radius 1 is 1.32 bits per heavy atom. The van der Waals surface area contributed by atoms with E-state index in [1.807, 2.05) is 31.2 Å². The predicted octanol–water partition coefficient (Wildman–Crippen LogP) is 1.73. The molecule has 0 radical (unpaired) electrons. The number of aromatic amines is 1. The number of benzene rings is 1. The van der Waals surface area contributed by atoms with Crippen LogP contribution in [-0.4, -0.2) is 33.5 Å². The number of nitrogens with zero attached hydrogens (tertiary/aromatic N) is 1. The summed E-state index contributed by atoms with van der Waals surface area (Å²) in [6.45, 7) is 1.70. The summed E-state index contributed by atoms with van der Waals surface area (Å²) >= 11 is 0. The monoisotopic (exact) mass is 400 g/mol. The number of hydrogen-bond donors (Lipinski definition) is 2. The average molecular weight is 400 g/mol. The van der Waals surface area contributed by atoms with Gasteiger partial charge in [0.05, 0.1) is 19.3 Å². The van der Waals surface area contributed by atoms with E-state index < -0.39 is 48.0 Å². The minimum Gasteiger partial charge on any atom is -0.394 e. The lowest BCUT2D eigenvalue weighted by atomic mass is 10.1. The number of hydrogen-bond acceptors (Lipinski definition) is 5. The first-order chi connectivity index (χ1) is 13.2. The first kappa shape index (κ1) is 20.3. The molecule has 1 aromatic heterocycles. The van der Waals surface area contributed by atoms with Crippen molar-refractivity contribution in [1.82, 2.24) is 9.55 Å². The van der Waals surface area contributed by atoms with Crippen molar-refractivity contribution in [3.8, 4) is 0 Å². The highest BCUT2D eigenvalue weighted by atomic mass is 19.4. The number of aryl methyl sites for hydroxylation is 1. The maximum absolute atomic E-state index is 13.0. The summed E-state index contributed by atoms with van der Waals surface area (Å²) in [4.78, 5) is 25.1. The number of H-pyrrole nitrogens is 1. The highest BCUT2D eigenvalue weighted by Crippen LogP contribution is 2.32. The molecule has 10 heteroatoms.